The van der Waals surface area contributed by atoms with Gasteiger partial charge in [-0.3, -0.25) is 4.98 Å². The van der Waals surface area contributed by atoms with Crippen molar-refractivity contribution in [2.24, 2.45) is 0 Å². The molecule has 0 saturated carbocycles. The van der Waals surface area contributed by atoms with Crippen LogP contribution in [0.5, 0.6) is 0 Å². The van der Waals surface area contributed by atoms with E-state index in [0.717, 1.165) is 77.6 Å². The van der Waals surface area contributed by atoms with Crippen LogP contribution in [-0.2, 0) is 0 Å². The lowest BCUT2D eigenvalue weighted by Crippen LogP contribution is -1.93. The second-order valence-electron chi connectivity index (χ2n) is 11.0. The summed E-state index contributed by atoms with van der Waals surface area (Å²) in [7, 11) is 0. The first-order valence-electron chi connectivity index (χ1n) is 14.6. The van der Waals surface area contributed by atoms with Crippen molar-refractivity contribution in [3.05, 3.63) is 140 Å². The van der Waals surface area contributed by atoms with Gasteiger partial charge in [-0.15, -0.1) is 0 Å². The number of benzene rings is 4. The number of hydrogen-bond donors (Lipinski definition) is 0. The Morgan fingerprint density at radius 3 is 1.61 bits per heavy atom. The minimum Gasteiger partial charge on any atom is -0.255 e. The molecule has 9 aromatic rings. The van der Waals surface area contributed by atoms with Crippen LogP contribution < -0.4 is 0 Å². The first kappa shape index (κ1) is 24.5. The number of nitrogens with zero attached hydrogens (tertiary/aromatic N) is 5. The van der Waals surface area contributed by atoms with Crippen LogP contribution in [0.2, 0.25) is 0 Å². The van der Waals surface area contributed by atoms with Crippen molar-refractivity contribution in [2.45, 2.75) is 0 Å². The average Bonchev–Trinajstić information content (AvgIpc) is 3.10. The molecular weight excluding hydrogens is 538 g/mol. The molecule has 0 radical (unpaired) electrons. The Kier molecular flexibility index (Phi) is 5.43. The van der Waals surface area contributed by atoms with Gasteiger partial charge in [0.05, 0.1) is 50.5 Å². The summed E-state index contributed by atoms with van der Waals surface area (Å²) in [6, 6.07) is 45.7. The molecular formula is C39H23N5. The van der Waals surface area contributed by atoms with E-state index >= 15 is 0 Å². The number of aromatic nitrogens is 5. The second-order valence-corrected chi connectivity index (χ2v) is 11.0. The molecule has 0 bridgehead atoms. The SMILES string of the molecule is c1ccc(-c2ccc3ccc4ccc(-c5ccc6cc(-c7ccc8cc9ccccc9cc8n7)ccc6n5)nc4c3n2)nc1. The van der Waals surface area contributed by atoms with Crippen LogP contribution >= 0.6 is 0 Å². The molecule has 0 aliphatic heterocycles. The summed E-state index contributed by atoms with van der Waals surface area (Å²) in [6.07, 6.45) is 1.79. The third-order valence-electron chi connectivity index (χ3n) is 8.25. The van der Waals surface area contributed by atoms with Gasteiger partial charge < -0.3 is 0 Å². The van der Waals surface area contributed by atoms with E-state index in [0.29, 0.717) is 0 Å². The lowest BCUT2D eigenvalue weighted by atomic mass is 10.0. The Morgan fingerprint density at radius 1 is 0.318 bits per heavy atom. The van der Waals surface area contributed by atoms with E-state index in [-0.39, 0.29) is 0 Å². The van der Waals surface area contributed by atoms with E-state index in [1.165, 1.54) is 10.8 Å². The fourth-order valence-corrected chi connectivity index (χ4v) is 5.97. The zero-order valence-corrected chi connectivity index (χ0v) is 23.5. The Bertz CT molecular complexity index is 2560. The molecule has 0 aliphatic carbocycles. The summed E-state index contributed by atoms with van der Waals surface area (Å²) in [4.78, 5) is 24.5. The first-order chi connectivity index (χ1) is 21.7. The first-order valence-corrected chi connectivity index (χ1v) is 14.6. The van der Waals surface area contributed by atoms with Crippen LogP contribution in [0.25, 0.3) is 88.4 Å². The van der Waals surface area contributed by atoms with E-state index in [1.807, 2.05) is 36.4 Å². The molecule has 5 aromatic heterocycles. The summed E-state index contributed by atoms with van der Waals surface area (Å²) in [6.45, 7) is 0. The van der Waals surface area contributed by atoms with Crippen LogP contribution in [0.4, 0.5) is 0 Å². The van der Waals surface area contributed by atoms with Gasteiger partial charge in [0.25, 0.3) is 0 Å². The van der Waals surface area contributed by atoms with Gasteiger partial charge >= 0.3 is 0 Å². The Hall–Kier alpha value is -6.07. The zero-order valence-electron chi connectivity index (χ0n) is 23.5. The molecule has 5 heteroatoms. The monoisotopic (exact) mass is 561 g/mol. The fourth-order valence-electron chi connectivity index (χ4n) is 5.97. The van der Waals surface area contributed by atoms with Gasteiger partial charge in [-0.25, -0.2) is 19.9 Å². The summed E-state index contributed by atoms with van der Waals surface area (Å²) in [5, 5.41) is 6.68. The minimum absolute atomic E-state index is 0.810. The predicted octanol–water partition coefficient (Wildman–Crippen LogP) is 9.43. The highest BCUT2D eigenvalue weighted by molar-refractivity contribution is 6.04. The van der Waals surface area contributed by atoms with E-state index in [4.69, 9.17) is 19.9 Å². The molecule has 44 heavy (non-hydrogen) atoms. The molecule has 5 nitrogen and oxygen atoms in total. The Labute approximate surface area is 252 Å². The lowest BCUT2D eigenvalue weighted by molar-refractivity contribution is 1.27. The summed E-state index contributed by atoms with van der Waals surface area (Å²) < 4.78 is 0. The summed E-state index contributed by atoms with van der Waals surface area (Å²) in [5.74, 6) is 0. The highest BCUT2D eigenvalue weighted by Gasteiger charge is 2.11. The zero-order chi connectivity index (χ0) is 29.0. The molecule has 0 saturated heterocycles. The minimum atomic E-state index is 0.810. The number of hydrogen-bond acceptors (Lipinski definition) is 5. The predicted molar refractivity (Wildman–Crippen MR) is 179 cm³/mol. The molecule has 0 amide bonds. The molecule has 204 valence electrons. The summed E-state index contributed by atoms with van der Waals surface area (Å²) in [5.41, 5.74) is 8.91. The standard InChI is InChI=1S/C39H23N5/c1-2-6-27-23-37-30(21-26(27)5-1)13-16-32(42-37)28-12-15-31-29(22-28)14-19-35(41-31)36-18-11-25-9-8-24-10-17-34(33-7-3-4-20-40-33)43-38(24)39(25)44-36/h1-23H. The maximum absolute atomic E-state index is 5.08. The molecule has 0 N–H and O–H groups in total. The molecule has 0 fully saturated rings. The molecule has 0 atom stereocenters. The van der Waals surface area contributed by atoms with Gasteiger partial charge in [0, 0.05) is 33.3 Å². The van der Waals surface area contributed by atoms with Crippen LogP contribution in [0.15, 0.2) is 140 Å². The van der Waals surface area contributed by atoms with E-state index in [1.54, 1.807) is 6.20 Å². The maximum Gasteiger partial charge on any atom is 0.0973 e. The van der Waals surface area contributed by atoms with Gasteiger partial charge in [-0.05, 0) is 71.4 Å². The van der Waals surface area contributed by atoms with Crippen molar-refractivity contribution in [2.75, 3.05) is 0 Å². The molecule has 0 spiro atoms. The van der Waals surface area contributed by atoms with Crippen LogP contribution in [0.3, 0.4) is 0 Å². The van der Waals surface area contributed by atoms with Gasteiger partial charge in [0.1, 0.15) is 0 Å². The molecule has 9 rings (SSSR count). The second kappa shape index (κ2) is 9.75. The third kappa shape index (κ3) is 4.14. The largest absolute Gasteiger partial charge is 0.255 e. The highest BCUT2D eigenvalue weighted by atomic mass is 14.8. The van der Waals surface area contributed by atoms with Crippen LogP contribution in [0, 0.1) is 0 Å². The van der Waals surface area contributed by atoms with Gasteiger partial charge in [0.15, 0.2) is 0 Å². The molecule has 0 aliphatic rings. The number of rotatable bonds is 3. The van der Waals surface area contributed by atoms with Crippen molar-refractivity contribution >= 4 is 54.4 Å². The van der Waals surface area contributed by atoms with E-state index in [2.05, 4.69) is 102 Å². The lowest BCUT2D eigenvalue weighted by Gasteiger charge is -2.09. The summed E-state index contributed by atoms with van der Waals surface area (Å²) >= 11 is 0. The molecule has 5 heterocycles. The van der Waals surface area contributed by atoms with Gasteiger partial charge in [-0.1, -0.05) is 72.8 Å². The van der Waals surface area contributed by atoms with Crippen LogP contribution in [0.1, 0.15) is 0 Å². The fraction of sp³-hybridized carbons (Fsp3) is 0. The van der Waals surface area contributed by atoms with Crippen molar-refractivity contribution in [3.63, 3.8) is 0 Å². The van der Waals surface area contributed by atoms with Crippen molar-refractivity contribution in [3.8, 4) is 34.0 Å². The maximum atomic E-state index is 5.08. The van der Waals surface area contributed by atoms with Crippen molar-refractivity contribution in [1.82, 2.24) is 24.9 Å². The smallest absolute Gasteiger partial charge is 0.0973 e. The van der Waals surface area contributed by atoms with Gasteiger partial charge in [0.2, 0.25) is 0 Å². The quantitative estimate of drug-likeness (QED) is 0.159. The Balaban J connectivity index is 1.10. The van der Waals surface area contributed by atoms with Gasteiger partial charge in [-0.2, -0.15) is 0 Å². The normalized spacial score (nSPS) is 11.6. The average molecular weight is 562 g/mol. The van der Waals surface area contributed by atoms with E-state index < -0.39 is 0 Å². The van der Waals surface area contributed by atoms with Crippen molar-refractivity contribution in [1.29, 1.82) is 0 Å². The van der Waals surface area contributed by atoms with Crippen molar-refractivity contribution < 1.29 is 0 Å². The van der Waals surface area contributed by atoms with Crippen LogP contribution in [-0.4, -0.2) is 24.9 Å². The number of fused-ring (bicyclic) bond motifs is 6. The molecule has 4 aromatic carbocycles. The topological polar surface area (TPSA) is 64.5 Å². The van der Waals surface area contributed by atoms with E-state index in [9.17, 15) is 0 Å². The molecule has 0 unspecified atom stereocenters. The Morgan fingerprint density at radius 2 is 0.886 bits per heavy atom. The highest BCUT2D eigenvalue weighted by Crippen LogP contribution is 2.30. The third-order valence-corrected chi connectivity index (χ3v) is 8.25. The number of pyridine rings is 5.